The van der Waals surface area contributed by atoms with Crippen molar-refractivity contribution in [3.8, 4) is 0 Å². The topological polar surface area (TPSA) is 252 Å². The number of aliphatic carboxylic acids is 2. The lowest BCUT2D eigenvalue weighted by Crippen LogP contribution is -2.71. The number of aliphatic imine (C=N–C) groups is 1. The van der Waals surface area contributed by atoms with E-state index in [2.05, 4.69) is 20.4 Å². The summed E-state index contributed by atoms with van der Waals surface area (Å²) in [4.78, 5) is 66.5. The van der Waals surface area contributed by atoms with Crippen LogP contribution in [0.1, 0.15) is 26.5 Å². The number of carboxylic acid groups (broad SMARTS) is 2. The van der Waals surface area contributed by atoms with Gasteiger partial charge in [-0.1, -0.05) is 16.9 Å². The number of hydrogen-bond donors (Lipinski definition) is 6. The summed E-state index contributed by atoms with van der Waals surface area (Å²) in [6.45, 7) is 4.94. The van der Waals surface area contributed by atoms with Crippen molar-refractivity contribution in [1.82, 2.24) is 20.1 Å². The number of thioether (sulfide) groups is 2. The van der Waals surface area contributed by atoms with Gasteiger partial charge in [0.15, 0.2) is 16.0 Å². The SMILES string of the molecule is CCN1C(SCC2=C(C(=O)O)N3C(=O)C(NC(=O)/C(=N\OC(C)(C)C(=O)O)c4csc(N)n4)[C@@H]3SC2)=NC(N)=CC1N. The van der Waals surface area contributed by atoms with Crippen LogP contribution in [-0.2, 0) is 24.0 Å². The Kier molecular flexibility index (Phi) is 9.04. The number of carbonyl (C=O) groups excluding carboxylic acids is 2. The van der Waals surface area contributed by atoms with Crippen molar-refractivity contribution in [2.24, 2.45) is 21.6 Å². The molecule has 42 heavy (non-hydrogen) atoms. The lowest BCUT2D eigenvalue weighted by atomic mass is 10.0. The highest BCUT2D eigenvalue weighted by molar-refractivity contribution is 8.14. The average Bonchev–Trinajstić information content (AvgIpc) is 3.35. The number of nitrogens with two attached hydrogens (primary N) is 3. The fourth-order valence-electron chi connectivity index (χ4n) is 4.02. The van der Waals surface area contributed by atoms with Gasteiger partial charge in [-0.25, -0.2) is 19.6 Å². The molecule has 0 aromatic carbocycles. The van der Waals surface area contributed by atoms with Crippen molar-refractivity contribution in [3.63, 3.8) is 0 Å². The smallest absolute Gasteiger partial charge is 0.352 e. The fourth-order valence-corrected chi connectivity index (χ4v) is 7.17. The molecule has 226 valence electrons. The molecule has 2 unspecified atom stereocenters. The second-order valence-corrected chi connectivity index (χ2v) is 12.5. The Morgan fingerprint density at radius 1 is 1.31 bits per heavy atom. The van der Waals surface area contributed by atoms with Gasteiger partial charge in [0, 0.05) is 23.4 Å². The molecular formula is C23H29N9O7S3. The maximum Gasteiger partial charge on any atom is 0.352 e. The number of thiazole rings is 1. The Morgan fingerprint density at radius 2 is 2.02 bits per heavy atom. The Hall–Kier alpha value is -3.81. The van der Waals surface area contributed by atoms with Crippen molar-refractivity contribution in [3.05, 3.63) is 34.2 Å². The quantitative estimate of drug-likeness (QED) is 0.108. The number of fused-ring (bicyclic) bond motifs is 1. The minimum Gasteiger partial charge on any atom is -0.478 e. The maximum absolute atomic E-state index is 13.2. The van der Waals surface area contributed by atoms with Crippen LogP contribution >= 0.6 is 34.9 Å². The molecule has 1 aromatic rings. The first-order valence-electron chi connectivity index (χ1n) is 12.4. The number of nitrogen functional groups attached to an aromatic ring is 1. The molecule has 0 radical (unpaired) electrons. The normalized spacial score (nSPS) is 22.6. The van der Waals surface area contributed by atoms with Gasteiger partial charge in [0.2, 0.25) is 5.60 Å². The van der Waals surface area contributed by atoms with Crippen LogP contribution in [0.5, 0.6) is 0 Å². The summed E-state index contributed by atoms with van der Waals surface area (Å²) in [5.41, 5.74) is 15.8. The molecule has 0 saturated carbocycles. The number of β-lactam (4-membered cyclic amide) rings is 1. The molecule has 0 aliphatic carbocycles. The first kappa shape index (κ1) is 31.1. The van der Waals surface area contributed by atoms with Crippen LogP contribution in [-0.4, -0.2) is 101 Å². The van der Waals surface area contributed by atoms with Gasteiger partial charge in [-0.3, -0.25) is 14.5 Å². The largest absolute Gasteiger partial charge is 0.478 e. The van der Waals surface area contributed by atoms with Crippen LogP contribution in [0.25, 0.3) is 0 Å². The third-order valence-electron chi connectivity index (χ3n) is 6.28. The van der Waals surface area contributed by atoms with E-state index in [0.29, 0.717) is 17.3 Å². The number of amides is 2. The first-order chi connectivity index (χ1) is 19.7. The van der Waals surface area contributed by atoms with Crippen molar-refractivity contribution in [2.75, 3.05) is 23.8 Å². The highest BCUT2D eigenvalue weighted by atomic mass is 32.2. The molecule has 19 heteroatoms. The van der Waals surface area contributed by atoms with Crippen LogP contribution in [0, 0.1) is 0 Å². The second-order valence-electron chi connectivity index (χ2n) is 9.59. The molecule has 4 rings (SSSR count). The summed E-state index contributed by atoms with van der Waals surface area (Å²) in [7, 11) is 0. The van der Waals surface area contributed by atoms with Gasteiger partial charge in [0.25, 0.3) is 11.8 Å². The summed E-state index contributed by atoms with van der Waals surface area (Å²) in [5, 5.41) is 27.0. The van der Waals surface area contributed by atoms with E-state index in [-0.39, 0.29) is 33.8 Å². The molecule has 0 bridgehead atoms. The number of rotatable bonds is 10. The Bertz CT molecular complexity index is 1440. The maximum atomic E-state index is 13.2. The van der Waals surface area contributed by atoms with E-state index in [0.717, 1.165) is 16.2 Å². The molecule has 2 amide bonds. The van der Waals surface area contributed by atoms with Crippen molar-refractivity contribution in [2.45, 2.75) is 44.0 Å². The zero-order valence-corrected chi connectivity index (χ0v) is 25.1. The molecule has 3 aliphatic heterocycles. The number of carboxylic acids is 2. The van der Waals surface area contributed by atoms with Gasteiger partial charge in [0.1, 0.15) is 34.8 Å². The number of aromatic nitrogens is 1. The standard InChI is InChI=1S/C23H29N9O7S3/c1-4-31-12(25)5-11(24)28-22(31)42-7-9-6-40-18-14(17(34)32(18)15(9)19(35)36)29-16(33)13(10-8-41-21(26)27-10)30-39-23(2,3)20(37)38/h5,8,12,14,18H,4,6-7,24-25H2,1-3H3,(H2,26,27)(H,29,33)(H,35,36)(H,37,38)/b30-13-/t12?,14?,18-/m0/s1. The molecular weight excluding hydrogens is 611 g/mol. The molecule has 3 aliphatic rings. The summed E-state index contributed by atoms with van der Waals surface area (Å²) in [6.07, 6.45) is 1.15. The minimum atomic E-state index is -1.77. The van der Waals surface area contributed by atoms with Crippen molar-refractivity contribution >= 4 is 74.6 Å². The second kappa shape index (κ2) is 12.2. The van der Waals surface area contributed by atoms with Gasteiger partial charge in [-0.15, -0.1) is 23.1 Å². The van der Waals surface area contributed by atoms with Gasteiger partial charge in [-0.2, -0.15) is 0 Å². The molecule has 3 atom stereocenters. The number of likely N-dealkylation sites (N-methyl/N-ethyl adjacent to an activating group) is 1. The third kappa shape index (κ3) is 6.18. The van der Waals surface area contributed by atoms with Crippen LogP contribution < -0.4 is 22.5 Å². The van der Waals surface area contributed by atoms with Crippen LogP contribution in [0.3, 0.4) is 0 Å². The van der Waals surface area contributed by atoms with E-state index in [9.17, 15) is 29.4 Å². The van der Waals surface area contributed by atoms with Crippen LogP contribution in [0.2, 0.25) is 0 Å². The van der Waals surface area contributed by atoms with Crippen LogP contribution in [0.15, 0.2) is 38.7 Å². The summed E-state index contributed by atoms with van der Waals surface area (Å²) in [5.74, 6) is -3.37. The van der Waals surface area contributed by atoms with E-state index in [1.54, 1.807) is 6.08 Å². The highest BCUT2D eigenvalue weighted by Gasteiger charge is 2.54. The zero-order valence-electron chi connectivity index (χ0n) is 22.6. The fraction of sp³-hybridized carbons (Fsp3) is 0.435. The number of nitrogens with one attached hydrogen (secondary N) is 1. The number of carbonyl (C=O) groups is 4. The van der Waals surface area contributed by atoms with E-state index in [4.69, 9.17) is 22.0 Å². The number of amidine groups is 1. The number of anilines is 1. The van der Waals surface area contributed by atoms with Gasteiger partial charge >= 0.3 is 11.9 Å². The molecule has 1 saturated heterocycles. The zero-order chi connectivity index (χ0) is 30.9. The molecule has 0 spiro atoms. The Morgan fingerprint density at radius 3 is 2.62 bits per heavy atom. The predicted molar refractivity (Wildman–Crippen MR) is 158 cm³/mol. The summed E-state index contributed by atoms with van der Waals surface area (Å²) >= 11 is 3.57. The lowest BCUT2D eigenvalue weighted by Gasteiger charge is -2.49. The number of hydrogen-bond acceptors (Lipinski definition) is 15. The molecule has 9 N–H and O–H groups in total. The van der Waals surface area contributed by atoms with Gasteiger partial charge < -0.3 is 42.5 Å². The van der Waals surface area contributed by atoms with Gasteiger partial charge in [-0.05, 0) is 32.4 Å². The third-order valence-corrected chi connectivity index (χ3v) is 9.37. The summed E-state index contributed by atoms with van der Waals surface area (Å²) in [6, 6.07) is -1.08. The molecule has 1 aromatic heterocycles. The van der Waals surface area contributed by atoms with Crippen molar-refractivity contribution < 1.29 is 34.2 Å². The highest BCUT2D eigenvalue weighted by Crippen LogP contribution is 2.41. The first-order valence-corrected chi connectivity index (χ1v) is 15.3. The van der Waals surface area contributed by atoms with Crippen LogP contribution in [0.4, 0.5) is 5.13 Å². The summed E-state index contributed by atoms with van der Waals surface area (Å²) < 4.78 is 0. The Labute approximate surface area is 252 Å². The monoisotopic (exact) mass is 639 g/mol. The van der Waals surface area contributed by atoms with E-state index in [1.165, 1.54) is 42.8 Å². The predicted octanol–water partition coefficient (Wildman–Crippen LogP) is -0.443. The number of nitrogens with zero attached hydrogens (tertiary/aromatic N) is 5. The van der Waals surface area contributed by atoms with E-state index in [1.807, 2.05) is 11.8 Å². The minimum absolute atomic E-state index is 0.0171. The lowest BCUT2D eigenvalue weighted by molar-refractivity contribution is -0.161. The molecule has 16 nitrogen and oxygen atoms in total. The van der Waals surface area contributed by atoms with Crippen molar-refractivity contribution in [1.29, 1.82) is 0 Å². The van der Waals surface area contributed by atoms with E-state index < -0.39 is 52.6 Å². The number of oxime groups is 1. The molecule has 1 fully saturated rings. The Balaban J connectivity index is 1.52. The van der Waals surface area contributed by atoms with E-state index >= 15 is 0 Å². The van der Waals surface area contributed by atoms with Gasteiger partial charge in [0.05, 0.1) is 0 Å². The average molecular weight is 640 g/mol. The molecule has 4 heterocycles.